The molecule has 1 aliphatic heterocycles. The van der Waals surface area contributed by atoms with Crippen molar-refractivity contribution >= 4 is 27.3 Å². The predicted octanol–water partition coefficient (Wildman–Crippen LogP) is 4.23. The van der Waals surface area contributed by atoms with E-state index in [0.29, 0.717) is 5.92 Å². The molecule has 20 heavy (non-hydrogen) atoms. The molecule has 0 radical (unpaired) electrons. The first-order valence-electron chi connectivity index (χ1n) is 7.00. The number of hydrogen-bond donors (Lipinski definition) is 1. The van der Waals surface area contributed by atoms with Crippen molar-refractivity contribution in [1.82, 2.24) is 0 Å². The fourth-order valence-corrected chi connectivity index (χ4v) is 3.35. The van der Waals surface area contributed by atoms with Gasteiger partial charge in [0.15, 0.2) is 0 Å². The number of benzene rings is 2. The second-order valence-electron chi connectivity index (χ2n) is 5.67. The minimum Gasteiger partial charge on any atom is -0.399 e. The van der Waals surface area contributed by atoms with Gasteiger partial charge in [0.1, 0.15) is 0 Å². The molecule has 3 heteroatoms. The minimum atomic E-state index is 0.685. The Morgan fingerprint density at radius 1 is 1.25 bits per heavy atom. The summed E-state index contributed by atoms with van der Waals surface area (Å²) < 4.78 is 1.13. The number of hydrogen-bond acceptors (Lipinski definition) is 2. The zero-order chi connectivity index (χ0) is 14.1. The number of rotatable bonds is 2. The van der Waals surface area contributed by atoms with Gasteiger partial charge in [0.25, 0.3) is 0 Å². The summed E-state index contributed by atoms with van der Waals surface area (Å²) >= 11 is 3.63. The molecule has 0 aromatic heterocycles. The normalized spacial score (nSPS) is 17.9. The lowest BCUT2D eigenvalue weighted by Crippen LogP contribution is -2.33. The SMILES string of the molecule is CC1Cc2ccccc2N(Cc2cc(N)ccc2Br)C1. The number of fused-ring (bicyclic) bond motifs is 1. The van der Waals surface area contributed by atoms with Gasteiger partial charge in [0.2, 0.25) is 0 Å². The van der Waals surface area contributed by atoms with Crippen molar-refractivity contribution in [1.29, 1.82) is 0 Å². The Kier molecular flexibility index (Phi) is 3.70. The van der Waals surface area contributed by atoms with Crippen LogP contribution in [0.5, 0.6) is 0 Å². The Bertz CT molecular complexity index is 624. The summed E-state index contributed by atoms with van der Waals surface area (Å²) in [5, 5.41) is 0. The van der Waals surface area contributed by atoms with Crippen molar-refractivity contribution < 1.29 is 0 Å². The summed E-state index contributed by atoms with van der Waals surface area (Å²) in [6, 6.07) is 14.7. The average molecular weight is 331 g/mol. The third-order valence-electron chi connectivity index (χ3n) is 3.86. The Hall–Kier alpha value is -1.48. The van der Waals surface area contributed by atoms with Gasteiger partial charge in [-0.3, -0.25) is 0 Å². The molecule has 1 aliphatic rings. The molecule has 2 aromatic carbocycles. The topological polar surface area (TPSA) is 29.3 Å². The number of anilines is 2. The molecular formula is C17H19BrN2. The monoisotopic (exact) mass is 330 g/mol. The molecule has 1 unspecified atom stereocenters. The summed E-state index contributed by atoms with van der Waals surface area (Å²) in [5.74, 6) is 0.685. The van der Waals surface area contributed by atoms with Gasteiger partial charge in [-0.15, -0.1) is 0 Å². The van der Waals surface area contributed by atoms with E-state index in [1.54, 1.807) is 0 Å². The number of halogens is 1. The van der Waals surface area contributed by atoms with Crippen molar-refractivity contribution in [3.05, 3.63) is 58.1 Å². The molecule has 0 saturated carbocycles. The highest BCUT2D eigenvalue weighted by molar-refractivity contribution is 9.10. The molecule has 2 nitrogen and oxygen atoms in total. The minimum absolute atomic E-state index is 0.685. The number of nitrogens with zero attached hydrogens (tertiary/aromatic N) is 1. The lowest BCUT2D eigenvalue weighted by molar-refractivity contribution is 0.530. The molecule has 1 atom stereocenters. The molecule has 104 valence electrons. The first-order valence-corrected chi connectivity index (χ1v) is 7.79. The maximum absolute atomic E-state index is 5.92. The van der Waals surface area contributed by atoms with Gasteiger partial charge >= 0.3 is 0 Å². The maximum atomic E-state index is 5.92. The average Bonchev–Trinajstić information content (AvgIpc) is 2.43. The van der Waals surface area contributed by atoms with Crippen molar-refractivity contribution in [3.63, 3.8) is 0 Å². The van der Waals surface area contributed by atoms with E-state index in [9.17, 15) is 0 Å². The summed E-state index contributed by atoms with van der Waals surface area (Å²) in [5.41, 5.74) is 10.8. The summed E-state index contributed by atoms with van der Waals surface area (Å²) in [7, 11) is 0. The second-order valence-corrected chi connectivity index (χ2v) is 6.52. The van der Waals surface area contributed by atoms with E-state index < -0.39 is 0 Å². The van der Waals surface area contributed by atoms with Crippen LogP contribution in [0.4, 0.5) is 11.4 Å². The van der Waals surface area contributed by atoms with Crippen LogP contribution in [-0.4, -0.2) is 6.54 Å². The van der Waals surface area contributed by atoms with E-state index in [2.05, 4.69) is 58.1 Å². The van der Waals surface area contributed by atoms with Gasteiger partial charge in [-0.1, -0.05) is 41.1 Å². The standard InChI is InChI=1S/C17H19BrN2/c1-12-8-13-4-2-3-5-17(13)20(10-12)11-14-9-15(19)6-7-16(14)18/h2-7,9,12H,8,10-11,19H2,1H3. The zero-order valence-corrected chi connectivity index (χ0v) is 13.2. The molecule has 0 amide bonds. The van der Waals surface area contributed by atoms with Crippen LogP contribution in [0.25, 0.3) is 0 Å². The third kappa shape index (κ3) is 2.68. The summed E-state index contributed by atoms with van der Waals surface area (Å²) in [6.07, 6.45) is 1.17. The lowest BCUT2D eigenvalue weighted by Gasteiger charge is -2.35. The quantitative estimate of drug-likeness (QED) is 0.835. The van der Waals surface area contributed by atoms with Gasteiger partial charge in [-0.25, -0.2) is 0 Å². The predicted molar refractivity (Wildman–Crippen MR) is 88.9 cm³/mol. The zero-order valence-electron chi connectivity index (χ0n) is 11.6. The second kappa shape index (κ2) is 5.49. The Labute approximate surface area is 128 Å². The number of para-hydroxylation sites is 1. The fraction of sp³-hybridized carbons (Fsp3) is 0.294. The highest BCUT2D eigenvalue weighted by atomic mass is 79.9. The van der Waals surface area contributed by atoms with Gasteiger partial charge in [0.05, 0.1) is 0 Å². The van der Waals surface area contributed by atoms with Gasteiger partial charge in [0, 0.05) is 28.9 Å². The number of nitrogen functional groups attached to an aromatic ring is 1. The van der Waals surface area contributed by atoms with Crippen LogP contribution in [0.3, 0.4) is 0 Å². The molecular weight excluding hydrogens is 312 g/mol. The van der Waals surface area contributed by atoms with Crippen LogP contribution in [0.15, 0.2) is 46.9 Å². The first-order chi connectivity index (χ1) is 9.63. The third-order valence-corrected chi connectivity index (χ3v) is 4.64. The molecule has 3 rings (SSSR count). The van der Waals surface area contributed by atoms with Crippen LogP contribution < -0.4 is 10.6 Å². The largest absolute Gasteiger partial charge is 0.399 e. The first kappa shape index (κ1) is 13.5. The van der Waals surface area contributed by atoms with Crippen molar-refractivity contribution in [2.75, 3.05) is 17.2 Å². The van der Waals surface area contributed by atoms with E-state index >= 15 is 0 Å². The van der Waals surface area contributed by atoms with Gasteiger partial charge < -0.3 is 10.6 Å². The fourth-order valence-electron chi connectivity index (χ4n) is 2.98. The summed E-state index contributed by atoms with van der Waals surface area (Å²) in [4.78, 5) is 2.46. The van der Waals surface area contributed by atoms with E-state index in [-0.39, 0.29) is 0 Å². The van der Waals surface area contributed by atoms with E-state index in [1.165, 1.54) is 23.2 Å². The summed E-state index contributed by atoms with van der Waals surface area (Å²) in [6.45, 7) is 4.31. The molecule has 0 spiro atoms. The lowest BCUT2D eigenvalue weighted by atomic mass is 9.93. The van der Waals surface area contributed by atoms with E-state index in [0.717, 1.165) is 23.2 Å². The van der Waals surface area contributed by atoms with Crippen molar-refractivity contribution in [2.24, 2.45) is 5.92 Å². The Morgan fingerprint density at radius 3 is 2.90 bits per heavy atom. The van der Waals surface area contributed by atoms with E-state index in [4.69, 9.17) is 5.73 Å². The van der Waals surface area contributed by atoms with Crippen LogP contribution in [0.1, 0.15) is 18.1 Å². The molecule has 0 aliphatic carbocycles. The van der Waals surface area contributed by atoms with Crippen LogP contribution >= 0.6 is 15.9 Å². The van der Waals surface area contributed by atoms with E-state index in [1.807, 2.05) is 12.1 Å². The Balaban J connectivity index is 1.93. The molecule has 0 saturated heterocycles. The van der Waals surface area contributed by atoms with Crippen LogP contribution in [-0.2, 0) is 13.0 Å². The highest BCUT2D eigenvalue weighted by Gasteiger charge is 2.21. The Morgan fingerprint density at radius 2 is 2.05 bits per heavy atom. The van der Waals surface area contributed by atoms with Crippen molar-refractivity contribution in [3.8, 4) is 0 Å². The molecule has 1 heterocycles. The van der Waals surface area contributed by atoms with Crippen LogP contribution in [0.2, 0.25) is 0 Å². The van der Waals surface area contributed by atoms with Crippen molar-refractivity contribution in [2.45, 2.75) is 19.9 Å². The molecule has 0 fully saturated rings. The smallest absolute Gasteiger partial charge is 0.0441 e. The molecule has 2 aromatic rings. The number of nitrogens with two attached hydrogens (primary N) is 1. The van der Waals surface area contributed by atoms with Gasteiger partial charge in [-0.2, -0.15) is 0 Å². The highest BCUT2D eigenvalue weighted by Crippen LogP contribution is 2.32. The maximum Gasteiger partial charge on any atom is 0.0441 e. The van der Waals surface area contributed by atoms with Crippen LogP contribution in [0, 0.1) is 5.92 Å². The molecule has 2 N–H and O–H groups in total. The van der Waals surface area contributed by atoms with Gasteiger partial charge in [-0.05, 0) is 47.7 Å². The molecule has 0 bridgehead atoms.